The molecule has 0 atom stereocenters. The summed E-state index contributed by atoms with van der Waals surface area (Å²) in [7, 11) is 0. The molecule has 6 aromatic rings. The van der Waals surface area contributed by atoms with Crippen LogP contribution < -0.4 is 10.6 Å². The lowest BCUT2D eigenvalue weighted by Gasteiger charge is -2.27. The summed E-state index contributed by atoms with van der Waals surface area (Å²) < 4.78 is 3.95. The highest BCUT2D eigenvalue weighted by molar-refractivity contribution is 6.04. The van der Waals surface area contributed by atoms with Crippen molar-refractivity contribution in [2.24, 2.45) is 0 Å². The van der Waals surface area contributed by atoms with E-state index in [0.717, 1.165) is 22.9 Å². The maximum absolute atomic E-state index is 13.2. The normalized spacial score (nSPS) is 12.7. The first kappa shape index (κ1) is 28.9. The average Bonchev–Trinajstić information content (AvgIpc) is 3.71. The van der Waals surface area contributed by atoms with Crippen LogP contribution in [0, 0.1) is 6.92 Å². The van der Waals surface area contributed by atoms with Crippen LogP contribution in [0.5, 0.6) is 0 Å². The highest BCUT2D eigenvalue weighted by Gasteiger charge is 2.24. The molecule has 4 heterocycles. The van der Waals surface area contributed by atoms with Crippen molar-refractivity contribution >= 4 is 34.7 Å². The Kier molecular flexibility index (Phi) is 7.49. The third-order valence-electron chi connectivity index (χ3n) is 8.25. The van der Waals surface area contributed by atoms with E-state index < -0.39 is 0 Å². The average molecular weight is 612 g/mol. The van der Waals surface area contributed by atoms with Crippen molar-refractivity contribution in [2.45, 2.75) is 39.8 Å². The van der Waals surface area contributed by atoms with E-state index in [9.17, 15) is 9.59 Å². The molecule has 0 aliphatic carbocycles. The highest BCUT2D eigenvalue weighted by Crippen LogP contribution is 2.27. The van der Waals surface area contributed by atoms with Crippen LogP contribution in [-0.4, -0.2) is 52.4 Å². The Morgan fingerprint density at radius 3 is 2.46 bits per heavy atom. The second kappa shape index (κ2) is 11.9. The van der Waals surface area contributed by atoms with Gasteiger partial charge in [0.25, 0.3) is 11.8 Å². The number of imidazole rings is 1. The lowest BCUT2D eigenvalue weighted by Crippen LogP contribution is -2.38. The summed E-state index contributed by atoms with van der Waals surface area (Å²) in [6, 6.07) is 22.6. The quantitative estimate of drug-likeness (QED) is 0.225. The highest BCUT2D eigenvalue weighted by atomic mass is 16.2. The molecule has 0 bridgehead atoms. The number of aromatic nitrogens is 6. The van der Waals surface area contributed by atoms with Crippen LogP contribution >= 0.6 is 0 Å². The molecule has 0 saturated carbocycles. The predicted molar refractivity (Wildman–Crippen MR) is 176 cm³/mol. The number of fused-ring (bicyclic) bond motifs is 2. The van der Waals surface area contributed by atoms with E-state index in [0.29, 0.717) is 59.5 Å². The van der Waals surface area contributed by atoms with E-state index in [4.69, 9.17) is 4.98 Å². The van der Waals surface area contributed by atoms with E-state index in [2.05, 4.69) is 39.7 Å². The van der Waals surface area contributed by atoms with Crippen LogP contribution in [-0.2, 0) is 13.1 Å². The lowest BCUT2D eigenvalue weighted by molar-refractivity contribution is 0.0706. The number of hydrogen-bond donors (Lipinski definition) is 2. The Bertz CT molecular complexity index is 2060. The number of benzene rings is 3. The molecule has 2 N–H and O–H groups in total. The molecule has 0 spiro atoms. The molecule has 2 amide bonds. The Hall–Kier alpha value is -5.84. The lowest BCUT2D eigenvalue weighted by atomic mass is 10.0. The standard InChI is InChI=1S/C35H33N9O2/c1-22(2)24-7-9-25(10-8-24)34(45)38-29-6-4-5-27(19-29)30-20-42-16-15-36-33(42)32(39-30)37-28-13-11-26(12-14-28)35(46)43-17-18-44-23(3)40-41-31(44)21-43/h4-16,19-20,22H,17-18,21H2,1-3H3,(H,37,39)(H,38,45). The van der Waals surface area contributed by atoms with Crippen LogP contribution in [0.2, 0.25) is 0 Å². The number of carbonyl (C=O) groups is 2. The van der Waals surface area contributed by atoms with Gasteiger partial charge in [0.2, 0.25) is 0 Å². The molecule has 1 aliphatic heterocycles. The molecular weight excluding hydrogens is 578 g/mol. The maximum Gasteiger partial charge on any atom is 0.255 e. The summed E-state index contributed by atoms with van der Waals surface area (Å²) in [5, 5.41) is 14.7. The summed E-state index contributed by atoms with van der Waals surface area (Å²) in [6.45, 7) is 7.90. The number of nitrogens with zero attached hydrogens (tertiary/aromatic N) is 7. The van der Waals surface area contributed by atoms with Gasteiger partial charge in [-0.15, -0.1) is 10.2 Å². The third-order valence-corrected chi connectivity index (χ3v) is 8.25. The summed E-state index contributed by atoms with van der Waals surface area (Å²) >= 11 is 0. The van der Waals surface area contributed by atoms with Gasteiger partial charge >= 0.3 is 0 Å². The molecule has 0 radical (unpaired) electrons. The van der Waals surface area contributed by atoms with E-state index in [-0.39, 0.29) is 11.8 Å². The van der Waals surface area contributed by atoms with Crippen LogP contribution in [0.15, 0.2) is 91.4 Å². The molecule has 1 aliphatic rings. The fraction of sp³-hybridized carbons (Fsp3) is 0.200. The zero-order chi connectivity index (χ0) is 31.8. The summed E-state index contributed by atoms with van der Waals surface area (Å²) in [5.74, 6) is 2.41. The molecule has 3 aromatic carbocycles. The molecule has 230 valence electrons. The minimum Gasteiger partial charge on any atom is -0.337 e. The summed E-state index contributed by atoms with van der Waals surface area (Å²) in [6.07, 6.45) is 5.48. The number of hydrogen-bond acceptors (Lipinski definition) is 7. The van der Waals surface area contributed by atoms with Crippen molar-refractivity contribution in [3.05, 3.63) is 120 Å². The molecule has 0 unspecified atom stereocenters. The van der Waals surface area contributed by atoms with Crippen LogP contribution in [0.3, 0.4) is 0 Å². The van der Waals surface area contributed by atoms with Crippen molar-refractivity contribution < 1.29 is 9.59 Å². The number of rotatable bonds is 7. The SMILES string of the molecule is Cc1nnc2n1CCN(C(=O)c1ccc(Nc3nc(-c4cccc(NC(=O)c5ccc(C(C)C)cc5)c4)cn4ccnc34)cc1)C2. The minimum absolute atomic E-state index is 0.0474. The molecular formula is C35H33N9O2. The van der Waals surface area contributed by atoms with Gasteiger partial charge in [-0.1, -0.05) is 38.1 Å². The number of carbonyl (C=O) groups excluding carboxylic acids is 2. The van der Waals surface area contributed by atoms with Crippen molar-refractivity contribution in [3.63, 3.8) is 0 Å². The fourth-order valence-electron chi connectivity index (χ4n) is 5.63. The van der Waals surface area contributed by atoms with Gasteiger partial charge in [-0.3, -0.25) is 9.59 Å². The fourth-order valence-corrected chi connectivity index (χ4v) is 5.63. The molecule has 11 heteroatoms. The topological polar surface area (TPSA) is 122 Å². The number of aryl methyl sites for hydroxylation is 1. The van der Waals surface area contributed by atoms with Crippen molar-refractivity contribution in [1.82, 2.24) is 34.0 Å². The maximum atomic E-state index is 13.2. The Morgan fingerprint density at radius 2 is 1.67 bits per heavy atom. The molecule has 3 aromatic heterocycles. The minimum atomic E-state index is -0.173. The van der Waals surface area contributed by atoms with Gasteiger partial charge in [0.05, 0.1) is 12.2 Å². The molecule has 7 rings (SSSR count). The van der Waals surface area contributed by atoms with E-state index in [1.165, 1.54) is 5.56 Å². The smallest absolute Gasteiger partial charge is 0.255 e. The van der Waals surface area contributed by atoms with E-state index in [1.54, 1.807) is 11.1 Å². The van der Waals surface area contributed by atoms with Gasteiger partial charge in [-0.05, 0) is 66.9 Å². The first-order chi connectivity index (χ1) is 22.3. The largest absolute Gasteiger partial charge is 0.337 e. The second-order valence-corrected chi connectivity index (χ2v) is 11.7. The van der Waals surface area contributed by atoms with Gasteiger partial charge in [-0.25, -0.2) is 9.97 Å². The number of anilines is 3. The van der Waals surface area contributed by atoms with E-state index in [1.807, 2.05) is 101 Å². The monoisotopic (exact) mass is 611 g/mol. The Balaban J connectivity index is 1.08. The van der Waals surface area contributed by atoms with E-state index >= 15 is 0 Å². The summed E-state index contributed by atoms with van der Waals surface area (Å²) in [4.78, 5) is 37.4. The third kappa shape index (κ3) is 5.70. The van der Waals surface area contributed by atoms with Gasteiger partial charge in [0, 0.05) is 59.7 Å². The zero-order valence-corrected chi connectivity index (χ0v) is 25.8. The number of nitrogens with one attached hydrogen (secondary N) is 2. The molecule has 0 saturated heterocycles. The Labute approximate surface area is 266 Å². The number of amides is 2. The van der Waals surface area contributed by atoms with Crippen LogP contribution in [0.25, 0.3) is 16.9 Å². The second-order valence-electron chi connectivity index (χ2n) is 11.7. The summed E-state index contributed by atoms with van der Waals surface area (Å²) in [5.41, 5.74) is 6.01. The molecule has 11 nitrogen and oxygen atoms in total. The van der Waals surface area contributed by atoms with Crippen molar-refractivity contribution in [1.29, 1.82) is 0 Å². The molecule has 46 heavy (non-hydrogen) atoms. The zero-order valence-electron chi connectivity index (χ0n) is 25.8. The van der Waals surface area contributed by atoms with Gasteiger partial charge < -0.3 is 24.5 Å². The van der Waals surface area contributed by atoms with Gasteiger partial charge in [0.15, 0.2) is 17.3 Å². The first-order valence-corrected chi connectivity index (χ1v) is 15.2. The van der Waals surface area contributed by atoms with Crippen LogP contribution in [0.4, 0.5) is 17.2 Å². The Morgan fingerprint density at radius 1 is 0.891 bits per heavy atom. The van der Waals surface area contributed by atoms with Crippen molar-refractivity contribution in [2.75, 3.05) is 17.2 Å². The van der Waals surface area contributed by atoms with Gasteiger partial charge in [0.1, 0.15) is 5.82 Å². The predicted octanol–water partition coefficient (Wildman–Crippen LogP) is 6.07. The van der Waals surface area contributed by atoms with Crippen LogP contribution in [0.1, 0.15) is 57.7 Å². The first-order valence-electron chi connectivity index (χ1n) is 15.2. The van der Waals surface area contributed by atoms with Gasteiger partial charge in [-0.2, -0.15) is 0 Å². The van der Waals surface area contributed by atoms with Crippen molar-refractivity contribution in [3.8, 4) is 11.3 Å². The molecule has 0 fully saturated rings.